The first-order chi connectivity index (χ1) is 15.2. The lowest BCUT2D eigenvalue weighted by atomic mass is 10.2. The van der Waals surface area contributed by atoms with Gasteiger partial charge < -0.3 is 4.74 Å². The van der Waals surface area contributed by atoms with Crippen LogP contribution in [0.25, 0.3) is 0 Å². The first-order valence-electron chi connectivity index (χ1n) is 9.41. The topological polar surface area (TPSA) is 112 Å². The highest BCUT2D eigenvalue weighted by Crippen LogP contribution is 2.23. The molecule has 1 amide bonds. The third-order valence-corrected chi connectivity index (χ3v) is 5.08. The number of carbonyl (C=O) groups excluding carboxylic acids is 1. The van der Waals surface area contributed by atoms with Gasteiger partial charge in [0.25, 0.3) is 5.91 Å². The van der Waals surface area contributed by atoms with Crippen molar-refractivity contribution >= 4 is 41.0 Å². The first-order valence-corrected chi connectivity index (χ1v) is 10.2. The van der Waals surface area contributed by atoms with Crippen molar-refractivity contribution < 1.29 is 14.5 Å². The molecule has 0 bridgehead atoms. The van der Waals surface area contributed by atoms with E-state index in [0.717, 1.165) is 5.56 Å². The van der Waals surface area contributed by atoms with Gasteiger partial charge in [0, 0.05) is 15.6 Å². The number of rotatable bonds is 8. The van der Waals surface area contributed by atoms with Crippen LogP contribution in [0, 0.1) is 24.0 Å². The number of aromatic nitrogens is 2. The van der Waals surface area contributed by atoms with Crippen molar-refractivity contribution in [3.8, 4) is 5.75 Å². The van der Waals surface area contributed by atoms with Gasteiger partial charge in [0.05, 0.1) is 11.1 Å². The zero-order valence-corrected chi connectivity index (χ0v) is 18.7. The quantitative estimate of drug-likeness (QED) is 0.294. The first kappa shape index (κ1) is 23.2. The minimum Gasteiger partial charge on any atom is -0.489 e. The molecule has 0 fully saturated rings. The third-order valence-electron chi connectivity index (χ3n) is 4.49. The maximum atomic E-state index is 12.1. The van der Waals surface area contributed by atoms with Crippen molar-refractivity contribution in [2.24, 2.45) is 5.10 Å². The van der Waals surface area contributed by atoms with E-state index in [-0.39, 0.29) is 24.5 Å². The predicted octanol–water partition coefficient (Wildman–Crippen LogP) is 4.44. The Morgan fingerprint density at radius 3 is 2.75 bits per heavy atom. The Morgan fingerprint density at radius 1 is 1.28 bits per heavy atom. The maximum Gasteiger partial charge on any atom is 0.312 e. The average molecular weight is 476 g/mol. The molecule has 0 aliphatic rings. The number of nitrogens with one attached hydrogen (secondary N) is 1. The van der Waals surface area contributed by atoms with Gasteiger partial charge in [0.2, 0.25) is 0 Å². The van der Waals surface area contributed by atoms with E-state index in [1.54, 1.807) is 42.5 Å². The van der Waals surface area contributed by atoms with Crippen LogP contribution in [0.15, 0.2) is 47.6 Å². The van der Waals surface area contributed by atoms with Crippen LogP contribution >= 0.6 is 23.2 Å². The number of ether oxygens (including phenoxy) is 1. The molecule has 32 heavy (non-hydrogen) atoms. The smallest absolute Gasteiger partial charge is 0.312 e. The van der Waals surface area contributed by atoms with E-state index in [2.05, 4.69) is 15.6 Å². The molecule has 0 atom stereocenters. The molecule has 1 N–H and O–H groups in total. The summed E-state index contributed by atoms with van der Waals surface area (Å²) in [5, 5.41) is 20.1. The molecule has 1 heterocycles. The molecule has 0 spiro atoms. The van der Waals surface area contributed by atoms with E-state index in [0.29, 0.717) is 27.1 Å². The zero-order valence-electron chi connectivity index (χ0n) is 17.2. The highest BCUT2D eigenvalue weighted by atomic mass is 35.5. The summed E-state index contributed by atoms with van der Waals surface area (Å²) >= 11 is 12.1. The van der Waals surface area contributed by atoms with Crippen LogP contribution < -0.4 is 10.2 Å². The van der Waals surface area contributed by atoms with Crippen LogP contribution in [0.3, 0.4) is 0 Å². The summed E-state index contributed by atoms with van der Waals surface area (Å²) in [4.78, 5) is 22.7. The molecule has 166 valence electrons. The van der Waals surface area contributed by atoms with Gasteiger partial charge in [0.15, 0.2) is 0 Å². The summed E-state index contributed by atoms with van der Waals surface area (Å²) in [5.74, 6) is 0.132. The van der Waals surface area contributed by atoms with Gasteiger partial charge in [-0.3, -0.25) is 19.6 Å². The van der Waals surface area contributed by atoms with Gasteiger partial charge in [-0.15, -0.1) is 0 Å². The lowest BCUT2D eigenvalue weighted by Crippen LogP contribution is -2.24. The minimum absolute atomic E-state index is 0.0991. The van der Waals surface area contributed by atoms with Crippen molar-refractivity contribution in [1.82, 2.24) is 15.2 Å². The van der Waals surface area contributed by atoms with Gasteiger partial charge in [-0.1, -0.05) is 41.4 Å². The van der Waals surface area contributed by atoms with E-state index in [9.17, 15) is 14.9 Å². The number of benzene rings is 2. The number of carbonyl (C=O) groups is 1. The minimum atomic E-state index is -0.514. The number of amides is 1. The number of halogens is 2. The van der Waals surface area contributed by atoms with Gasteiger partial charge in [-0.25, -0.2) is 5.43 Å². The highest BCUT2D eigenvalue weighted by Gasteiger charge is 2.22. The SMILES string of the molecule is Cc1nn(CC(=O)N/N=C/c2cccc(OCc3ccc(Cl)cc3Cl)c2)c(C)c1[N+](=O)[O-]. The largest absolute Gasteiger partial charge is 0.489 e. The van der Waals surface area contributed by atoms with Crippen LogP contribution in [-0.4, -0.2) is 26.8 Å². The Kier molecular flexibility index (Phi) is 7.45. The molecule has 0 saturated heterocycles. The highest BCUT2D eigenvalue weighted by molar-refractivity contribution is 6.35. The van der Waals surface area contributed by atoms with Crippen LogP contribution in [0.2, 0.25) is 10.0 Å². The molecule has 0 aliphatic carbocycles. The second-order valence-corrected chi connectivity index (χ2v) is 7.67. The fraction of sp³-hybridized carbons (Fsp3) is 0.190. The Hall–Kier alpha value is -3.43. The van der Waals surface area contributed by atoms with E-state index in [1.165, 1.54) is 24.7 Å². The maximum absolute atomic E-state index is 12.1. The molecule has 2 aromatic carbocycles. The second-order valence-electron chi connectivity index (χ2n) is 6.82. The molecule has 3 aromatic rings. The number of hydrogen-bond donors (Lipinski definition) is 1. The normalized spacial score (nSPS) is 11.0. The Morgan fingerprint density at radius 2 is 2.06 bits per heavy atom. The molecule has 9 nitrogen and oxygen atoms in total. The van der Waals surface area contributed by atoms with Crippen LogP contribution in [0.4, 0.5) is 5.69 Å². The Labute approximate surface area is 193 Å². The van der Waals surface area contributed by atoms with Crippen molar-refractivity contribution in [2.75, 3.05) is 0 Å². The van der Waals surface area contributed by atoms with Crippen LogP contribution in [0.5, 0.6) is 5.75 Å². The van der Waals surface area contributed by atoms with Gasteiger partial charge >= 0.3 is 5.69 Å². The second kappa shape index (κ2) is 10.3. The summed E-state index contributed by atoms with van der Waals surface area (Å²) in [5.41, 5.74) is 4.34. The number of hydrazone groups is 1. The monoisotopic (exact) mass is 475 g/mol. The van der Waals surface area contributed by atoms with Crippen molar-refractivity contribution in [2.45, 2.75) is 27.0 Å². The van der Waals surface area contributed by atoms with E-state index < -0.39 is 10.8 Å². The summed E-state index contributed by atoms with van der Waals surface area (Å²) in [7, 11) is 0. The number of hydrogen-bond acceptors (Lipinski definition) is 6. The summed E-state index contributed by atoms with van der Waals surface area (Å²) < 4.78 is 7.04. The fourth-order valence-corrected chi connectivity index (χ4v) is 3.40. The lowest BCUT2D eigenvalue weighted by Gasteiger charge is -2.08. The van der Waals surface area contributed by atoms with E-state index in [4.69, 9.17) is 27.9 Å². The van der Waals surface area contributed by atoms with Gasteiger partial charge in [0.1, 0.15) is 30.3 Å². The molecular formula is C21H19Cl2N5O4. The van der Waals surface area contributed by atoms with Crippen molar-refractivity contribution in [3.63, 3.8) is 0 Å². The number of aryl methyl sites for hydroxylation is 1. The molecular weight excluding hydrogens is 457 g/mol. The fourth-order valence-electron chi connectivity index (χ4n) is 2.94. The predicted molar refractivity (Wildman–Crippen MR) is 121 cm³/mol. The zero-order chi connectivity index (χ0) is 23.3. The third kappa shape index (κ3) is 5.83. The van der Waals surface area contributed by atoms with E-state index in [1.807, 2.05) is 0 Å². The summed E-state index contributed by atoms with van der Waals surface area (Å²) in [6, 6.07) is 12.3. The van der Waals surface area contributed by atoms with E-state index >= 15 is 0 Å². The Bertz CT molecular complexity index is 1190. The average Bonchev–Trinajstić information content (AvgIpc) is 3.00. The van der Waals surface area contributed by atoms with Crippen LogP contribution in [0.1, 0.15) is 22.5 Å². The molecule has 3 rings (SSSR count). The molecule has 11 heteroatoms. The number of nitro groups is 1. The lowest BCUT2D eigenvalue weighted by molar-refractivity contribution is -0.386. The summed E-state index contributed by atoms with van der Waals surface area (Å²) in [6.45, 7) is 3.13. The Balaban J connectivity index is 1.57. The van der Waals surface area contributed by atoms with Crippen molar-refractivity contribution in [3.05, 3.63) is 85.1 Å². The van der Waals surface area contributed by atoms with Gasteiger partial charge in [-0.2, -0.15) is 10.2 Å². The van der Waals surface area contributed by atoms with Crippen molar-refractivity contribution in [1.29, 1.82) is 0 Å². The van der Waals surface area contributed by atoms with Gasteiger partial charge in [-0.05, 0) is 43.7 Å². The molecule has 1 aromatic heterocycles. The van der Waals surface area contributed by atoms with Crippen LogP contribution in [-0.2, 0) is 17.9 Å². The molecule has 0 aliphatic heterocycles. The standard InChI is InChI=1S/C21H19Cl2N5O4/c1-13-21(28(30)31)14(2)27(26-13)11-20(29)25-24-10-15-4-3-5-18(8-15)32-12-16-6-7-17(22)9-19(16)23/h3-10H,11-12H2,1-2H3,(H,25,29)/b24-10+. The summed E-state index contributed by atoms with van der Waals surface area (Å²) in [6.07, 6.45) is 1.46. The molecule has 0 saturated carbocycles. The molecule has 0 radical (unpaired) electrons. The molecule has 0 unspecified atom stereocenters. The number of nitrogens with zero attached hydrogens (tertiary/aromatic N) is 4.